The Hall–Kier alpha value is -3.01. The van der Waals surface area contributed by atoms with Gasteiger partial charge in [0.05, 0.1) is 28.7 Å². The molecule has 1 aliphatic carbocycles. The molecular formula is C33H28Br3N3O3. The SMILES string of the molecule is COc1cc(C=Nn2c(C3CCCCC3)nc3ccc(Br)cc3c2=O)c(Br)c(Br)c1OCc1cccc2ccccc12. The first kappa shape index (κ1) is 29.1. The predicted octanol–water partition coefficient (Wildman–Crippen LogP) is 9.35. The molecule has 0 saturated heterocycles. The second-order valence-corrected chi connectivity index (χ2v) is 12.9. The minimum Gasteiger partial charge on any atom is -0.493 e. The van der Waals surface area contributed by atoms with E-state index < -0.39 is 0 Å². The van der Waals surface area contributed by atoms with Gasteiger partial charge < -0.3 is 9.47 Å². The molecule has 0 aliphatic heterocycles. The molecule has 0 radical (unpaired) electrons. The summed E-state index contributed by atoms with van der Waals surface area (Å²) in [5, 5.41) is 7.55. The Balaban J connectivity index is 1.37. The summed E-state index contributed by atoms with van der Waals surface area (Å²) in [5.41, 5.74) is 2.31. The van der Waals surface area contributed by atoms with Gasteiger partial charge in [-0.25, -0.2) is 4.98 Å². The first-order valence-electron chi connectivity index (χ1n) is 13.9. The van der Waals surface area contributed by atoms with E-state index >= 15 is 0 Å². The molecular weight excluding hydrogens is 726 g/mol. The smallest absolute Gasteiger partial charge is 0.282 e. The second kappa shape index (κ2) is 12.7. The number of ether oxygens (including phenoxy) is 2. The molecule has 1 aromatic heterocycles. The highest BCUT2D eigenvalue weighted by Gasteiger charge is 2.23. The Kier molecular flexibility index (Phi) is 8.79. The summed E-state index contributed by atoms with van der Waals surface area (Å²) in [6.45, 7) is 0.370. The van der Waals surface area contributed by atoms with Crippen LogP contribution < -0.4 is 15.0 Å². The van der Waals surface area contributed by atoms with E-state index in [1.54, 1.807) is 19.4 Å². The quantitative estimate of drug-likeness (QED) is 0.156. The maximum absolute atomic E-state index is 13.7. The van der Waals surface area contributed by atoms with Gasteiger partial charge in [0, 0.05) is 20.4 Å². The molecule has 5 aromatic rings. The highest BCUT2D eigenvalue weighted by molar-refractivity contribution is 9.13. The minimum atomic E-state index is -0.185. The lowest BCUT2D eigenvalue weighted by molar-refractivity contribution is 0.283. The average molecular weight is 754 g/mol. The van der Waals surface area contributed by atoms with Crippen molar-refractivity contribution in [2.24, 2.45) is 5.10 Å². The lowest BCUT2D eigenvalue weighted by Gasteiger charge is -2.23. The third-order valence-corrected chi connectivity index (χ3v) is 10.4. The predicted molar refractivity (Wildman–Crippen MR) is 179 cm³/mol. The molecule has 1 heterocycles. The number of aromatic nitrogens is 2. The first-order chi connectivity index (χ1) is 20.4. The van der Waals surface area contributed by atoms with Crippen molar-refractivity contribution in [2.45, 2.75) is 44.6 Å². The van der Waals surface area contributed by atoms with Gasteiger partial charge in [0.25, 0.3) is 5.56 Å². The summed E-state index contributed by atoms with van der Waals surface area (Å²) in [7, 11) is 1.61. The molecule has 0 amide bonds. The largest absolute Gasteiger partial charge is 0.493 e. The van der Waals surface area contributed by atoms with Gasteiger partial charge in [-0.05, 0) is 85.3 Å². The van der Waals surface area contributed by atoms with Crippen molar-refractivity contribution < 1.29 is 9.47 Å². The Bertz CT molecular complexity index is 1880. The third kappa shape index (κ3) is 5.79. The molecule has 1 aliphatic rings. The van der Waals surface area contributed by atoms with E-state index in [-0.39, 0.29) is 11.5 Å². The summed E-state index contributed by atoms with van der Waals surface area (Å²) in [6, 6.07) is 21.9. The van der Waals surface area contributed by atoms with E-state index in [0.29, 0.717) is 39.3 Å². The van der Waals surface area contributed by atoms with Crippen molar-refractivity contribution in [1.82, 2.24) is 9.66 Å². The van der Waals surface area contributed by atoms with E-state index in [1.165, 1.54) is 11.1 Å². The van der Waals surface area contributed by atoms with Crippen LogP contribution in [0.15, 0.2) is 90.0 Å². The van der Waals surface area contributed by atoms with E-state index in [1.807, 2.05) is 36.4 Å². The first-order valence-corrected chi connectivity index (χ1v) is 16.2. The highest BCUT2D eigenvalue weighted by atomic mass is 79.9. The van der Waals surface area contributed by atoms with Crippen LogP contribution in [0.1, 0.15) is 55.0 Å². The number of halogens is 3. The topological polar surface area (TPSA) is 65.7 Å². The number of rotatable bonds is 7. The van der Waals surface area contributed by atoms with Crippen LogP contribution in [0.4, 0.5) is 0 Å². The molecule has 4 aromatic carbocycles. The van der Waals surface area contributed by atoms with Gasteiger partial charge in [0.1, 0.15) is 12.4 Å². The van der Waals surface area contributed by atoms with Crippen LogP contribution in [0, 0.1) is 0 Å². The van der Waals surface area contributed by atoms with Crippen molar-refractivity contribution in [2.75, 3.05) is 7.11 Å². The molecule has 0 bridgehead atoms. The summed E-state index contributed by atoms with van der Waals surface area (Å²) in [5.74, 6) is 2.02. The number of methoxy groups -OCH3 is 1. The summed E-state index contributed by atoms with van der Waals surface area (Å²) in [6.07, 6.45) is 7.12. The maximum Gasteiger partial charge on any atom is 0.282 e. The minimum absolute atomic E-state index is 0.185. The van der Waals surface area contributed by atoms with Gasteiger partial charge in [-0.3, -0.25) is 4.79 Å². The average Bonchev–Trinajstić information content (AvgIpc) is 3.02. The molecule has 9 heteroatoms. The van der Waals surface area contributed by atoms with E-state index in [9.17, 15) is 4.79 Å². The van der Waals surface area contributed by atoms with Crippen molar-refractivity contribution >= 4 is 75.7 Å². The molecule has 214 valence electrons. The Morgan fingerprint density at radius 3 is 2.55 bits per heavy atom. The Morgan fingerprint density at radius 2 is 1.74 bits per heavy atom. The van der Waals surface area contributed by atoms with Gasteiger partial charge in [0.15, 0.2) is 11.5 Å². The Morgan fingerprint density at radius 1 is 0.952 bits per heavy atom. The number of fused-ring (bicyclic) bond motifs is 2. The molecule has 42 heavy (non-hydrogen) atoms. The molecule has 6 nitrogen and oxygen atoms in total. The van der Waals surface area contributed by atoms with Crippen LogP contribution in [-0.2, 0) is 6.61 Å². The maximum atomic E-state index is 13.7. The zero-order valence-corrected chi connectivity index (χ0v) is 27.7. The van der Waals surface area contributed by atoms with Gasteiger partial charge >= 0.3 is 0 Å². The molecule has 6 rings (SSSR count). The van der Waals surface area contributed by atoms with Crippen LogP contribution >= 0.6 is 47.8 Å². The van der Waals surface area contributed by atoms with E-state index in [4.69, 9.17) is 19.6 Å². The number of hydrogen-bond donors (Lipinski definition) is 0. The molecule has 1 saturated carbocycles. The second-order valence-electron chi connectivity index (χ2n) is 10.4. The standard InChI is InChI=1S/C33H28Br3N3O3/c1-41-28-16-23(29(35)30(36)31(28)42-19-22-12-7-11-20-8-5-6-13-25(20)22)18-37-39-32(21-9-3-2-4-10-21)38-27-15-14-24(34)17-26(27)33(39)40/h5-8,11-18,21H,2-4,9-10,19H2,1H3. The number of benzene rings is 4. The Labute approximate surface area is 269 Å². The highest BCUT2D eigenvalue weighted by Crippen LogP contribution is 2.43. The normalized spacial score (nSPS) is 14.2. The van der Waals surface area contributed by atoms with Crippen molar-refractivity contribution in [3.63, 3.8) is 0 Å². The van der Waals surface area contributed by atoms with Crippen molar-refractivity contribution in [3.05, 3.63) is 107 Å². The van der Waals surface area contributed by atoms with Crippen LogP contribution in [0.5, 0.6) is 11.5 Å². The van der Waals surface area contributed by atoms with Gasteiger partial charge in [-0.1, -0.05) is 77.7 Å². The summed E-state index contributed by atoms with van der Waals surface area (Å²) < 4.78 is 15.8. The third-order valence-electron chi connectivity index (χ3n) is 7.74. The fraction of sp³-hybridized carbons (Fsp3) is 0.242. The molecule has 0 atom stereocenters. The zero-order valence-electron chi connectivity index (χ0n) is 22.9. The number of nitrogens with zero attached hydrogens (tertiary/aromatic N) is 3. The van der Waals surface area contributed by atoms with Crippen LogP contribution in [-0.4, -0.2) is 23.0 Å². The van der Waals surface area contributed by atoms with Crippen LogP contribution in [0.3, 0.4) is 0 Å². The molecule has 0 N–H and O–H groups in total. The summed E-state index contributed by atoms with van der Waals surface area (Å²) >= 11 is 10.9. The van der Waals surface area contributed by atoms with Gasteiger partial charge in [0.2, 0.25) is 0 Å². The molecule has 0 unspecified atom stereocenters. The monoisotopic (exact) mass is 751 g/mol. The fourth-order valence-electron chi connectivity index (χ4n) is 5.58. The lowest BCUT2D eigenvalue weighted by Crippen LogP contribution is -2.25. The van der Waals surface area contributed by atoms with Crippen molar-refractivity contribution in [3.8, 4) is 11.5 Å². The van der Waals surface area contributed by atoms with E-state index in [0.717, 1.165) is 56.5 Å². The van der Waals surface area contributed by atoms with E-state index in [2.05, 4.69) is 72.1 Å². The van der Waals surface area contributed by atoms with Crippen LogP contribution in [0.25, 0.3) is 21.7 Å². The van der Waals surface area contributed by atoms with Gasteiger partial charge in [-0.15, -0.1) is 0 Å². The van der Waals surface area contributed by atoms with Crippen LogP contribution in [0.2, 0.25) is 0 Å². The molecule has 0 spiro atoms. The summed E-state index contributed by atoms with van der Waals surface area (Å²) in [4.78, 5) is 18.7. The van der Waals surface area contributed by atoms with Crippen molar-refractivity contribution in [1.29, 1.82) is 0 Å². The number of hydrogen-bond acceptors (Lipinski definition) is 5. The molecule has 1 fully saturated rings. The zero-order chi connectivity index (χ0) is 29.2. The fourth-order valence-corrected chi connectivity index (χ4v) is 6.87. The van der Waals surface area contributed by atoms with Gasteiger partial charge in [-0.2, -0.15) is 9.78 Å². The lowest BCUT2D eigenvalue weighted by atomic mass is 9.88.